The van der Waals surface area contributed by atoms with Gasteiger partial charge in [0.1, 0.15) is 5.75 Å². The van der Waals surface area contributed by atoms with E-state index >= 15 is 0 Å². The Morgan fingerprint density at radius 1 is 1.28 bits per heavy atom. The molecule has 1 aromatic heterocycles. The van der Waals surface area contributed by atoms with Crippen molar-refractivity contribution in [3.05, 3.63) is 47.1 Å². The van der Waals surface area contributed by atoms with Gasteiger partial charge in [-0.15, -0.1) is 0 Å². The number of halogens is 1. The van der Waals surface area contributed by atoms with E-state index in [1.54, 1.807) is 6.20 Å². The van der Waals surface area contributed by atoms with Crippen molar-refractivity contribution in [2.75, 3.05) is 6.61 Å². The van der Waals surface area contributed by atoms with E-state index in [0.29, 0.717) is 18.2 Å². The van der Waals surface area contributed by atoms with Crippen LogP contribution in [0.15, 0.2) is 36.5 Å². The zero-order valence-electron chi connectivity index (χ0n) is 10.2. The van der Waals surface area contributed by atoms with Crippen LogP contribution in [0.3, 0.4) is 0 Å². The second kappa shape index (κ2) is 5.85. The number of hydrogen-bond donors (Lipinski definition) is 1. The average Bonchev–Trinajstić information content (AvgIpc) is 2.40. The van der Waals surface area contributed by atoms with Crippen molar-refractivity contribution in [1.82, 2.24) is 4.98 Å². The third kappa shape index (κ3) is 2.81. The minimum Gasteiger partial charge on any atom is -0.492 e. The maximum atomic E-state index is 5.86. The van der Waals surface area contributed by atoms with Crippen molar-refractivity contribution in [3.63, 3.8) is 0 Å². The molecular weight excluding hydrogens is 248 g/mol. The van der Waals surface area contributed by atoms with Gasteiger partial charge in [-0.3, -0.25) is 4.98 Å². The lowest BCUT2D eigenvalue weighted by Crippen LogP contribution is -2.03. The topological polar surface area (TPSA) is 48.1 Å². The molecule has 4 heteroatoms. The zero-order valence-corrected chi connectivity index (χ0v) is 10.9. The molecule has 0 aliphatic rings. The summed E-state index contributed by atoms with van der Waals surface area (Å²) in [7, 11) is 0. The van der Waals surface area contributed by atoms with Gasteiger partial charge < -0.3 is 10.5 Å². The lowest BCUT2D eigenvalue weighted by Gasteiger charge is -2.10. The lowest BCUT2D eigenvalue weighted by atomic mass is 10.1. The number of pyridine rings is 1. The van der Waals surface area contributed by atoms with Crippen LogP contribution in [0.4, 0.5) is 0 Å². The Morgan fingerprint density at radius 3 is 2.61 bits per heavy atom. The minimum atomic E-state index is 0.429. The van der Waals surface area contributed by atoms with Gasteiger partial charge in [-0.05, 0) is 25.1 Å². The van der Waals surface area contributed by atoms with Gasteiger partial charge in [0.25, 0.3) is 0 Å². The molecule has 0 radical (unpaired) electrons. The molecule has 0 bridgehead atoms. The second-order valence-electron chi connectivity index (χ2n) is 3.82. The first-order valence-corrected chi connectivity index (χ1v) is 6.20. The van der Waals surface area contributed by atoms with E-state index in [-0.39, 0.29) is 0 Å². The predicted octanol–water partition coefficient (Wildman–Crippen LogP) is 3.26. The van der Waals surface area contributed by atoms with Crippen LogP contribution in [0.25, 0.3) is 11.3 Å². The molecule has 0 atom stereocenters. The van der Waals surface area contributed by atoms with Crippen LogP contribution in [0.1, 0.15) is 12.5 Å². The van der Waals surface area contributed by atoms with Gasteiger partial charge in [0.15, 0.2) is 0 Å². The van der Waals surface area contributed by atoms with E-state index in [1.807, 2.05) is 37.3 Å². The average molecular weight is 263 g/mol. The lowest BCUT2D eigenvalue weighted by molar-refractivity contribution is 0.335. The molecule has 1 heterocycles. The fourth-order valence-electron chi connectivity index (χ4n) is 1.71. The van der Waals surface area contributed by atoms with Crippen molar-refractivity contribution < 1.29 is 4.74 Å². The molecule has 0 spiro atoms. The van der Waals surface area contributed by atoms with Crippen molar-refractivity contribution in [3.8, 4) is 17.0 Å². The molecule has 0 saturated carbocycles. The van der Waals surface area contributed by atoms with Gasteiger partial charge in [-0.2, -0.15) is 0 Å². The highest BCUT2D eigenvalue weighted by Gasteiger charge is 2.06. The first-order chi connectivity index (χ1) is 8.74. The molecule has 0 unspecified atom stereocenters. The van der Waals surface area contributed by atoms with Crippen LogP contribution in [0, 0.1) is 0 Å². The summed E-state index contributed by atoms with van der Waals surface area (Å²) in [4.78, 5) is 4.38. The van der Waals surface area contributed by atoms with Gasteiger partial charge in [0.2, 0.25) is 0 Å². The summed E-state index contributed by atoms with van der Waals surface area (Å²) in [6, 6.07) is 9.51. The Labute approximate surface area is 112 Å². The highest BCUT2D eigenvalue weighted by atomic mass is 35.5. The highest BCUT2D eigenvalue weighted by molar-refractivity contribution is 6.30. The molecule has 18 heavy (non-hydrogen) atoms. The second-order valence-corrected chi connectivity index (χ2v) is 4.26. The number of hydrogen-bond acceptors (Lipinski definition) is 3. The molecule has 94 valence electrons. The van der Waals surface area contributed by atoms with Crippen molar-refractivity contribution in [2.24, 2.45) is 5.73 Å². The largest absolute Gasteiger partial charge is 0.492 e. The summed E-state index contributed by atoms with van der Waals surface area (Å²) in [5.74, 6) is 0.748. The molecular formula is C14H15ClN2O. The van der Waals surface area contributed by atoms with Gasteiger partial charge in [-0.1, -0.05) is 23.7 Å². The van der Waals surface area contributed by atoms with Crippen molar-refractivity contribution >= 4 is 11.6 Å². The molecule has 0 saturated heterocycles. The van der Waals surface area contributed by atoms with Crippen LogP contribution in [-0.2, 0) is 6.54 Å². The first kappa shape index (κ1) is 12.9. The fourth-order valence-corrected chi connectivity index (χ4v) is 1.83. The van der Waals surface area contributed by atoms with E-state index in [9.17, 15) is 0 Å². The summed E-state index contributed by atoms with van der Waals surface area (Å²) >= 11 is 5.86. The molecule has 0 aliphatic heterocycles. The Bertz CT molecular complexity index is 526. The summed E-state index contributed by atoms with van der Waals surface area (Å²) in [6.45, 7) is 2.97. The predicted molar refractivity (Wildman–Crippen MR) is 73.7 cm³/mol. The van der Waals surface area contributed by atoms with E-state index in [2.05, 4.69) is 4.98 Å². The Hall–Kier alpha value is -1.58. The number of nitrogens with zero attached hydrogens (tertiary/aromatic N) is 1. The van der Waals surface area contributed by atoms with E-state index in [0.717, 1.165) is 22.6 Å². The van der Waals surface area contributed by atoms with Crippen LogP contribution in [-0.4, -0.2) is 11.6 Å². The number of aromatic nitrogens is 1. The minimum absolute atomic E-state index is 0.429. The summed E-state index contributed by atoms with van der Waals surface area (Å²) in [5, 5.41) is 0.712. The van der Waals surface area contributed by atoms with Gasteiger partial charge in [-0.25, -0.2) is 0 Å². The monoisotopic (exact) mass is 262 g/mol. The maximum absolute atomic E-state index is 5.86. The third-order valence-electron chi connectivity index (χ3n) is 2.61. The molecule has 0 fully saturated rings. The van der Waals surface area contributed by atoms with Gasteiger partial charge in [0.05, 0.1) is 18.5 Å². The Kier molecular flexibility index (Phi) is 4.18. The van der Waals surface area contributed by atoms with Crippen LogP contribution >= 0.6 is 11.6 Å². The molecule has 2 aromatic rings. The number of benzene rings is 1. The van der Waals surface area contributed by atoms with Gasteiger partial charge >= 0.3 is 0 Å². The molecule has 2 rings (SSSR count). The quantitative estimate of drug-likeness (QED) is 0.920. The van der Waals surface area contributed by atoms with E-state index in [1.165, 1.54) is 0 Å². The number of ether oxygens (including phenoxy) is 1. The van der Waals surface area contributed by atoms with Crippen LogP contribution < -0.4 is 10.5 Å². The maximum Gasteiger partial charge on any atom is 0.142 e. The van der Waals surface area contributed by atoms with Gasteiger partial charge in [0, 0.05) is 22.7 Å². The Morgan fingerprint density at radius 2 is 2.00 bits per heavy atom. The summed E-state index contributed by atoms with van der Waals surface area (Å²) in [5.41, 5.74) is 8.56. The smallest absolute Gasteiger partial charge is 0.142 e. The van der Waals surface area contributed by atoms with E-state index in [4.69, 9.17) is 22.1 Å². The number of rotatable bonds is 4. The molecule has 1 aromatic carbocycles. The van der Waals surface area contributed by atoms with Crippen LogP contribution in [0.5, 0.6) is 5.75 Å². The Balaban J connectivity index is 2.37. The standard InChI is InChI=1S/C14H15ClN2O/c1-2-18-14-9-17-13(7-11(14)8-16)10-3-5-12(15)6-4-10/h3-7,9H,2,8,16H2,1H3. The summed E-state index contributed by atoms with van der Waals surface area (Å²) in [6.07, 6.45) is 1.72. The molecule has 3 nitrogen and oxygen atoms in total. The van der Waals surface area contributed by atoms with Crippen molar-refractivity contribution in [1.29, 1.82) is 0 Å². The van der Waals surface area contributed by atoms with Crippen LogP contribution in [0.2, 0.25) is 5.02 Å². The molecule has 0 amide bonds. The fraction of sp³-hybridized carbons (Fsp3) is 0.214. The molecule has 0 aliphatic carbocycles. The molecule has 2 N–H and O–H groups in total. The third-order valence-corrected chi connectivity index (χ3v) is 2.86. The highest BCUT2D eigenvalue weighted by Crippen LogP contribution is 2.25. The summed E-state index contributed by atoms with van der Waals surface area (Å²) < 4.78 is 5.47. The first-order valence-electron chi connectivity index (χ1n) is 5.82. The van der Waals surface area contributed by atoms with Crippen molar-refractivity contribution in [2.45, 2.75) is 13.5 Å². The van der Waals surface area contributed by atoms with E-state index < -0.39 is 0 Å². The zero-order chi connectivity index (χ0) is 13.0. The normalized spacial score (nSPS) is 10.4. The SMILES string of the molecule is CCOc1cnc(-c2ccc(Cl)cc2)cc1CN. The number of nitrogens with two attached hydrogens (primary N) is 1.